The molecule has 5 aliphatic rings. The van der Waals surface area contributed by atoms with E-state index in [-0.39, 0.29) is 23.9 Å². The van der Waals surface area contributed by atoms with Crippen molar-refractivity contribution in [3.05, 3.63) is 36.3 Å². The van der Waals surface area contributed by atoms with Gasteiger partial charge in [0.15, 0.2) is 5.60 Å². The molecule has 1 aromatic rings. The molecule has 0 spiro atoms. The number of rotatable bonds is 1. The predicted octanol–water partition coefficient (Wildman–Crippen LogP) is 2.53. The van der Waals surface area contributed by atoms with E-state index in [9.17, 15) is 14.7 Å². The lowest BCUT2D eigenvalue weighted by Gasteiger charge is -2.65. The standard InChI is InChI=1S/C20H22O6/c1-18-9-14(11-5-8-24-10-11)25-16(21)12(18)3-6-19(2)15(18)13-4-7-20(19,23)17(22)26-13/h4-5,7-8,10,12-15,23H,3,6,9H2,1-2H3/t12-,13+,14+,15+,18-,19-,20+/m0/s1. The number of esters is 2. The van der Waals surface area contributed by atoms with Gasteiger partial charge in [0.05, 0.1) is 18.4 Å². The first-order valence-corrected chi connectivity index (χ1v) is 9.15. The molecule has 4 heterocycles. The third-order valence-corrected chi connectivity index (χ3v) is 7.51. The Morgan fingerprint density at radius 2 is 2.04 bits per heavy atom. The van der Waals surface area contributed by atoms with Gasteiger partial charge in [-0.2, -0.15) is 0 Å². The minimum Gasteiger partial charge on any atom is -0.472 e. The van der Waals surface area contributed by atoms with Gasteiger partial charge in [0.25, 0.3) is 0 Å². The summed E-state index contributed by atoms with van der Waals surface area (Å²) in [6.07, 6.45) is 7.52. The largest absolute Gasteiger partial charge is 0.472 e. The molecule has 3 fully saturated rings. The Kier molecular flexibility index (Phi) is 2.97. The van der Waals surface area contributed by atoms with Gasteiger partial charge in [-0.3, -0.25) is 4.79 Å². The van der Waals surface area contributed by atoms with Crippen molar-refractivity contribution in [1.29, 1.82) is 0 Å². The van der Waals surface area contributed by atoms with Crippen molar-refractivity contribution in [3.63, 3.8) is 0 Å². The molecule has 138 valence electrons. The molecule has 0 amide bonds. The van der Waals surface area contributed by atoms with Crippen LogP contribution < -0.4 is 0 Å². The van der Waals surface area contributed by atoms with Crippen LogP contribution in [0, 0.1) is 22.7 Å². The molecule has 0 radical (unpaired) electrons. The van der Waals surface area contributed by atoms with E-state index < -0.39 is 28.5 Å². The minimum absolute atomic E-state index is 0.149. The number of aliphatic hydroxyl groups is 1. The van der Waals surface area contributed by atoms with Crippen LogP contribution in [0.2, 0.25) is 0 Å². The third-order valence-electron chi connectivity index (χ3n) is 7.51. The summed E-state index contributed by atoms with van der Waals surface area (Å²) in [4.78, 5) is 25.2. The highest BCUT2D eigenvalue weighted by molar-refractivity contribution is 5.86. The quantitative estimate of drug-likeness (QED) is 0.613. The van der Waals surface area contributed by atoms with Crippen LogP contribution in [-0.4, -0.2) is 28.8 Å². The number of ether oxygens (including phenoxy) is 2. The molecular formula is C20H22O6. The third kappa shape index (κ3) is 1.71. The van der Waals surface area contributed by atoms with Crippen LogP contribution in [0.3, 0.4) is 0 Å². The smallest absolute Gasteiger partial charge is 0.343 e. The summed E-state index contributed by atoms with van der Waals surface area (Å²) in [5.74, 6) is -1.20. The van der Waals surface area contributed by atoms with E-state index >= 15 is 0 Å². The number of carbonyl (C=O) groups excluding carboxylic acids is 2. The van der Waals surface area contributed by atoms with E-state index in [4.69, 9.17) is 13.9 Å². The van der Waals surface area contributed by atoms with Crippen molar-refractivity contribution < 1.29 is 28.6 Å². The first kappa shape index (κ1) is 16.1. The van der Waals surface area contributed by atoms with Gasteiger partial charge >= 0.3 is 11.9 Å². The summed E-state index contributed by atoms with van der Waals surface area (Å²) in [6, 6.07) is 1.81. The zero-order valence-corrected chi connectivity index (χ0v) is 14.8. The Bertz CT molecular complexity index is 812. The topological polar surface area (TPSA) is 86.0 Å². The molecule has 2 bridgehead atoms. The van der Waals surface area contributed by atoms with E-state index in [0.717, 1.165) is 5.56 Å². The number of hydrogen-bond donors (Lipinski definition) is 1. The maximum atomic E-state index is 12.8. The van der Waals surface area contributed by atoms with E-state index in [1.165, 1.54) is 0 Å². The SMILES string of the molecule is C[C@]12C[C@H](c3ccoc3)OC(=O)[C@@H]1CC[C@@]1(C)[C@@H]2[C@H]2C=C[C@@]1(O)C(=O)O2. The molecule has 6 heteroatoms. The van der Waals surface area contributed by atoms with Crippen LogP contribution in [0.5, 0.6) is 0 Å². The van der Waals surface area contributed by atoms with Crippen LogP contribution in [-0.2, 0) is 19.1 Å². The second-order valence-corrected chi connectivity index (χ2v) is 8.67. The molecule has 6 nitrogen and oxygen atoms in total. The maximum Gasteiger partial charge on any atom is 0.343 e. The maximum absolute atomic E-state index is 12.8. The van der Waals surface area contributed by atoms with Gasteiger partial charge in [0.1, 0.15) is 12.2 Å². The molecule has 6 rings (SSSR count). The normalized spacial score (nSPS) is 49.2. The molecule has 3 aliphatic heterocycles. The lowest BCUT2D eigenvalue weighted by atomic mass is 9.42. The average molecular weight is 358 g/mol. The van der Waals surface area contributed by atoms with Crippen molar-refractivity contribution in [3.8, 4) is 0 Å². The highest BCUT2D eigenvalue weighted by Gasteiger charge is 2.72. The van der Waals surface area contributed by atoms with Crippen molar-refractivity contribution >= 4 is 11.9 Å². The second kappa shape index (κ2) is 4.80. The molecule has 7 atom stereocenters. The van der Waals surface area contributed by atoms with E-state index in [2.05, 4.69) is 6.92 Å². The van der Waals surface area contributed by atoms with Gasteiger partial charge in [-0.05, 0) is 42.9 Å². The molecule has 1 N–H and O–H groups in total. The van der Waals surface area contributed by atoms with Crippen LogP contribution in [0.25, 0.3) is 0 Å². The van der Waals surface area contributed by atoms with Crippen molar-refractivity contribution in [1.82, 2.24) is 0 Å². The summed E-state index contributed by atoms with van der Waals surface area (Å²) in [7, 11) is 0. The highest BCUT2D eigenvalue weighted by atomic mass is 16.6. The number of carbonyl (C=O) groups is 2. The molecule has 0 unspecified atom stereocenters. The molecule has 1 aromatic heterocycles. The molecule has 0 aromatic carbocycles. The fourth-order valence-corrected chi connectivity index (χ4v) is 6.16. The number of cyclic esters (lactones) is 1. The molecule has 2 aliphatic carbocycles. The van der Waals surface area contributed by atoms with Crippen LogP contribution in [0.1, 0.15) is 44.8 Å². The van der Waals surface area contributed by atoms with Gasteiger partial charge in [0, 0.05) is 16.9 Å². The zero-order chi connectivity index (χ0) is 18.3. The number of hydrogen-bond acceptors (Lipinski definition) is 6. The van der Waals surface area contributed by atoms with Crippen LogP contribution in [0.4, 0.5) is 0 Å². The summed E-state index contributed by atoms with van der Waals surface area (Å²) in [5.41, 5.74) is -1.91. The predicted molar refractivity (Wildman–Crippen MR) is 88.6 cm³/mol. The van der Waals surface area contributed by atoms with E-state index in [0.29, 0.717) is 19.3 Å². The van der Waals surface area contributed by atoms with Gasteiger partial charge < -0.3 is 19.0 Å². The zero-order valence-electron chi connectivity index (χ0n) is 14.8. The monoisotopic (exact) mass is 358 g/mol. The average Bonchev–Trinajstić information content (AvgIpc) is 3.10. The van der Waals surface area contributed by atoms with Gasteiger partial charge in [-0.15, -0.1) is 0 Å². The Hall–Kier alpha value is -2.08. The second-order valence-electron chi connectivity index (χ2n) is 8.67. The molecule has 26 heavy (non-hydrogen) atoms. The lowest BCUT2D eigenvalue weighted by Crippen LogP contribution is -2.72. The summed E-state index contributed by atoms with van der Waals surface area (Å²) in [5, 5.41) is 11.2. The Labute approximate surface area is 151 Å². The first-order valence-electron chi connectivity index (χ1n) is 9.15. The first-order chi connectivity index (χ1) is 12.3. The summed E-state index contributed by atoms with van der Waals surface area (Å²) in [6.45, 7) is 4.04. The Morgan fingerprint density at radius 1 is 1.23 bits per heavy atom. The van der Waals surface area contributed by atoms with Crippen LogP contribution >= 0.6 is 0 Å². The number of furan rings is 1. The summed E-state index contributed by atoms with van der Waals surface area (Å²) >= 11 is 0. The van der Waals surface area contributed by atoms with Crippen molar-refractivity contribution in [2.24, 2.45) is 22.7 Å². The highest BCUT2D eigenvalue weighted by Crippen LogP contribution is 2.67. The van der Waals surface area contributed by atoms with Crippen LogP contribution in [0.15, 0.2) is 35.2 Å². The van der Waals surface area contributed by atoms with Gasteiger partial charge in [-0.1, -0.05) is 13.8 Å². The fourth-order valence-electron chi connectivity index (χ4n) is 6.16. The summed E-state index contributed by atoms with van der Waals surface area (Å²) < 4.78 is 16.4. The van der Waals surface area contributed by atoms with E-state index in [1.54, 1.807) is 24.7 Å². The Morgan fingerprint density at radius 3 is 2.73 bits per heavy atom. The molecule has 1 saturated carbocycles. The lowest BCUT2D eigenvalue weighted by molar-refractivity contribution is -0.259. The Balaban J connectivity index is 1.61. The van der Waals surface area contributed by atoms with E-state index in [1.807, 2.05) is 13.0 Å². The fraction of sp³-hybridized carbons (Fsp3) is 0.600. The molecule has 2 saturated heterocycles. The van der Waals surface area contributed by atoms with Crippen molar-refractivity contribution in [2.45, 2.75) is 50.9 Å². The molecular weight excluding hydrogens is 336 g/mol. The van der Waals surface area contributed by atoms with Gasteiger partial charge in [-0.25, -0.2) is 4.79 Å². The number of fused-ring (bicyclic) bond motifs is 2. The van der Waals surface area contributed by atoms with Gasteiger partial charge in [0.2, 0.25) is 0 Å². The minimum atomic E-state index is -1.63. The van der Waals surface area contributed by atoms with Crippen molar-refractivity contribution in [2.75, 3.05) is 0 Å².